The Hall–Kier alpha value is -1.16. The van der Waals surface area contributed by atoms with Crippen molar-refractivity contribution in [2.45, 2.75) is 26.3 Å². The zero-order chi connectivity index (χ0) is 12.3. The van der Waals surface area contributed by atoms with Crippen LogP contribution in [0.4, 0.5) is 8.78 Å². The van der Waals surface area contributed by atoms with Crippen LogP contribution in [-0.2, 0) is 0 Å². The van der Waals surface area contributed by atoms with Crippen molar-refractivity contribution in [2.24, 2.45) is 11.7 Å². The molecule has 4 heteroatoms. The topological polar surface area (TPSA) is 35.2 Å². The van der Waals surface area contributed by atoms with E-state index in [-0.39, 0.29) is 17.2 Å². The highest BCUT2D eigenvalue weighted by molar-refractivity contribution is 5.34. The average molecular weight is 229 g/mol. The molecule has 0 aliphatic rings. The molecule has 0 spiro atoms. The van der Waals surface area contributed by atoms with Crippen molar-refractivity contribution in [3.8, 4) is 5.75 Å². The lowest BCUT2D eigenvalue weighted by atomic mass is 9.92. The van der Waals surface area contributed by atoms with Crippen LogP contribution >= 0.6 is 0 Å². The largest absolute Gasteiger partial charge is 0.494 e. The number of ether oxygens (including phenoxy) is 1. The zero-order valence-corrected chi connectivity index (χ0v) is 9.76. The second kappa shape index (κ2) is 5.25. The van der Waals surface area contributed by atoms with E-state index >= 15 is 0 Å². The summed E-state index contributed by atoms with van der Waals surface area (Å²) in [4.78, 5) is 0. The molecule has 2 nitrogen and oxygen atoms in total. The molecule has 0 aromatic heterocycles. The molecule has 1 rings (SSSR count). The first kappa shape index (κ1) is 12.9. The van der Waals surface area contributed by atoms with Crippen molar-refractivity contribution in [2.75, 3.05) is 7.11 Å². The van der Waals surface area contributed by atoms with E-state index in [2.05, 4.69) is 0 Å². The molecule has 2 atom stereocenters. The molecule has 0 saturated carbocycles. The van der Waals surface area contributed by atoms with Gasteiger partial charge >= 0.3 is 0 Å². The summed E-state index contributed by atoms with van der Waals surface area (Å²) < 4.78 is 32.2. The van der Waals surface area contributed by atoms with Crippen LogP contribution in [0.1, 0.15) is 31.9 Å². The minimum Gasteiger partial charge on any atom is -0.494 e. The Kier molecular flexibility index (Phi) is 4.24. The van der Waals surface area contributed by atoms with Gasteiger partial charge in [0.2, 0.25) is 0 Å². The molecule has 1 aromatic rings. The minimum atomic E-state index is -0.699. The second-order valence-corrected chi connectivity index (χ2v) is 3.89. The van der Waals surface area contributed by atoms with Gasteiger partial charge in [-0.2, -0.15) is 0 Å². The van der Waals surface area contributed by atoms with Crippen LogP contribution in [0, 0.1) is 17.6 Å². The smallest absolute Gasteiger partial charge is 0.172 e. The molecule has 1 unspecified atom stereocenters. The van der Waals surface area contributed by atoms with E-state index in [0.717, 1.165) is 6.42 Å². The monoisotopic (exact) mass is 229 g/mol. The molecule has 0 bridgehead atoms. The van der Waals surface area contributed by atoms with E-state index in [1.165, 1.54) is 19.2 Å². The summed E-state index contributed by atoms with van der Waals surface area (Å²) in [7, 11) is 1.34. The van der Waals surface area contributed by atoms with Crippen molar-refractivity contribution in [1.29, 1.82) is 0 Å². The van der Waals surface area contributed by atoms with Gasteiger partial charge in [0.05, 0.1) is 7.11 Å². The summed E-state index contributed by atoms with van der Waals surface area (Å²) in [6.07, 6.45) is 0.761. The summed E-state index contributed by atoms with van der Waals surface area (Å²) in [5.74, 6) is -1.28. The van der Waals surface area contributed by atoms with Gasteiger partial charge in [-0.05, 0) is 18.1 Å². The molecule has 0 heterocycles. The van der Waals surface area contributed by atoms with Crippen LogP contribution in [0.5, 0.6) is 5.75 Å². The minimum absolute atomic E-state index is 0.0103. The fourth-order valence-corrected chi connectivity index (χ4v) is 1.55. The summed E-state index contributed by atoms with van der Waals surface area (Å²) in [6.45, 7) is 3.80. The normalized spacial score (nSPS) is 14.6. The van der Waals surface area contributed by atoms with Crippen molar-refractivity contribution >= 4 is 0 Å². The predicted molar refractivity (Wildman–Crippen MR) is 59.3 cm³/mol. The fraction of sp³-hybridized carbons (Fsp3) is 0.500. The van der Waals surface area contributed by atoms with Crippen LogP contribution in [-0.4, -0.2) is 7.11 Å². The zero-order valence-electron chi connectivity index (χ0n) is 9.76. The van der Waals surface area contributed by atoms with Gasteiger partial charge in [0.1, 0.15) is 5.82 Å². The van der Waals surface area contributed by atoms with Crippen LogP contribution in [0.3, 0.4) is 0 Å². The van der Waals surface area contributed by atoms with Crippen molar-refractivity contribution in [3.05, 3.63) is 29.3 Å². The summed E-state index contributed by atoms with van der Waals surface area (Å²) in [5, 5.41) is 0. The SMILES string of the molecule is CCC(C)[C@@H](N)c1c(F)ccc(OC)c1F. The van der Waals surface area contributed by atoms with Crippen molar-refractivity contribution in [3.63, 3.8) is 0 Å². The number of benzene rings is 1. The molecular formula is C12H17F2NO. The molecule has 1 aromatic carbocycles. The summed E-state index contributed by atoms with van der Waals surface area (Å²) >= 11 is 0. The molecule has 0 fully saturated rings. The van der Waals surface area contributed by atoms with Crippen LogP contribution in [0.25, 0.3) is 0 Å². The van der Waals surface area contributed by atoms with E-state index < -0.39 is 17.7 Å². The average Bonchev–Trinajstić information content (AvgIpc) is 2.28. The number of rotatable bonds is 4. The molecule has 0 amide bonds. The fourth-order valence-electron chi connectivity index (χ4n) is 1.55. The Morgan fingerprint density at radius 1 is 1.38 bits per heavy atom. The summed E-state index contributed by atoms with van der Waals surface area (Å²) in [6, 6.07) is 1.79. The van der Waals surface area contributed by atoms with Gasteiger partial charge in [-0.1, -0.05) is 20.3 Å². The Bertz CT molecular complexity index is 368. The van der Waals surface area contributed by atoms with Crippen molar-refractivity contribution < 1.29 is 13.5 Å². The quantitative estimate of drug-likeness (QED) is 0.861. The van der Waals surface area contributed by atoms with Crippen molar-refractivity contribution in [1.82, 2.24) is 0 Å². The van der Waals surface area contributed by atoms with E-state index in [0.29, 0.717) is 0 Å². The van der Waals surface area contributed by atoms with E-state index in [9.17, 15) is 8.78 Å². The lowest BCUT2D eigenvalue weighted by Crippen LogP contribution is -2.21. The lowest BCUT2D eigenvalue weighted by Gasteiger charge is -2.20. The first-order chi connectivity index (χ1) is 7.52. The Morgan fingerprint density at radius 3 is 2.50 bits per heavy atom. The first-order valence-corrected chi connectivity index (χ1v) is 5.30. The van der Waals surface area contributed by atoms with Crippen LogP contribution < -0.4 is 10.5 Å². The lowest BCUT2D eigenvalue weighted by molar-refractivity contribution is 0.366. The molecule has 0 aliphatic carbocycles. The van der Waals surface area contributed by atoms with E-state index in [1.54, 1.807) is 0 Å². The van der Waals surface area contributed by atoms with Gasteiger partial charge in [0, 0.05) is 11.6 Å². The van der Waals surface area contributed by atoms with Crippen LogP contribution in [0.15, 0.2) is 12.1 Å². The second-order valence-electron chi connectivity index (χ2n) is 3.89. The Balaban J connectivity index is 3.20. The third kappa shape index (κ3) is 2.32. The molecule has 2 N–H and O–H groups in total. The maximum Gasteiger partial charge on any atom is 0.172 e. The van der Waals surface area contributed by atoms with Gasteiger partial charge < -0.3 is 10.5 Å². The predicted octanol–water partition coefficient (Wildman–Crippen LogP) is 3.02. The highest BCUT2D eigenvalue weighted by Gasteiger charge is 2.23. The van der Waals surface area contributed by atoms with Gasteiger partial charge in [0.15, 0.2) is 11.6 Å². The standard InChI is InChI=1S/C12H17F2NO/c1-4-7(2)12(15)10-8(13)5-6-9(16-3)11(10)14/h5-7,12H,4,15H2,1-3H3/t7?,12-/m1/s1. The van der Waals surface area contributed by atoms with Gasteiger partial charge in [-0.15, -0.1) is 0 Å². The number of hydrogen-bond donors (Lipinski definition) is 1. The maximum absolute atomic E-state index is 13.8. The molecule has 90 valence electrons. The molecule has 16 heavy (non-hydrogen) atoms. The maximum atomic E-state index is 13.8. The van der Waals surface area contributed by atoms with E-state index in [1.807, 2.05) is 13.8 Å². The molecule has 0 aliphatic heterocycles. The van der Waals surface area contributed by atoms with E-state index in [4.69, 9.17) is 10.5 Å². The molecule has 0 radical (unpaired) electrons. The molecular weight excluding hydrogens is 212 g/mol. The highest BCUT2D eigenvalue weighted by Crippen LogP contribution is 2.31. The number of halogens is 2. The number of nitrogens with two attached hydrogens (primary N) is 1. The Labute approximate surface area is 94.4 Å². The van der Waals surface area contributed by atoms with Gasteiger partial charge in [-0.3, -0.25) is 0 Å². The highest BCUT2D eigenvalue weighted by atomic mass is 19.1. The summed E-state index contributed by atoms with van der Waals surface area (Å²) in [5.41, 5.74) is 5.75. The van der Waals surface area contributed by atoms with Crippen LogP contribution in [0.2, 0.25) is 0 Å². The van der Waals surface area contributed by atoms with Gasteiger partial charge in [0.25, 0.3) is 0 Å². The third-order valence-electron chi connectivity index (χ3n) is 2.90. The Morgan fingerprint density at radius 2 is 2.00 bits per heavy atom. The third-order valence-corrected chi connectivity index (χ3v) is 2.90. The first-order valence-electron chi connectivity index (χ1n) is 5.30. The number of hydrogen-bond acceptors (Lipinski definition) is 2. The van der Waals surface area contributed by atoms with Gasteiger partial charge in [-0.25, -0.2) is 8.78 Å². The molecule has 0 saturated heterocycles. The number of methoxy groups -OCH3 is 1.